The number of carbonyl (C=O) groups is 1. The fraction of sp³-hybridized carbons (Fsp3) is 0.559. The highest BCUT2D eigenvalue weighted by molar-refractivity contribution is 7.91. The number of methoxy groups -OCH3 is 1. The predicted molar refractivity (Wildman–Crippen MR) is 183 cm³/mol. The van der Waals surface area contributed by atoms with E-state index in [0.717, 1.165) is 70.7 Å². The number of sulfonamides is 1. The number of ether oxygens (including phenoxy) is 1. The van der Waals surface area contributed by atoms with E-state index in [1.807, 2.05) is 25.2 Å². The average molecular weight is 684 g/mol. The second-order valence-electron chi connectivity index (χ2n) is 14.0. The zero-order valence-corrected chi connectivity index (χ0v) is 29.3. The Bertz CT molecular complexity index is 1950. The topological polar surface area (TPSA) is 121 Å². The predicted octanol–water partition coefficient (Wildman–Crippen LogP) is 4.11. The van der Waals surface area contributed by atoms with Crippen LogP contribution in [0.15, 0.2) is 36.4 Å². The Morgan fingerprint density at radius 3 is 2.45 bits per heavy atom. The van der Waals surface area contributed by atoms with Crippen LogP contribution in [0.1, 0.15) is 78.3 Å². The van der Waals surface area contributed by atoms with Crippen molar-refractivity contribution < 1.29 is 26.4 Å². The first-order chi connectivity index (χ1) is 22.4. The highest BCUT2D eigenvalue weighted by Gasteiger charge is 2.67. The third kappa shape index (κ3) is 5.38. The van der Waals surface area contributed by atoms with Crippen LogP contribution in [-0.4, -0.2) is 100.0 Å². The first-order valence-corrected chi connectivity index (χ1v) is 19.5. The summed E-state index contributed by atoms with van der Waals surface area (Å²) >= 11 is 0. The lowest BCUT2D eigenvalue weighted by molar-refractivity contribution is 0.0979. The summed E-state index contributed by atoms with van der Waals surface area (Å²) in [6.45, 7) is 2.73. The Morgan fingerprint density at radius 2 is 1.72 bits per heavy atom. The number of likely N-dealkylation sites (N-methyl/N-ethyl adjacent to an activating group) is 1. The van der Waals surface area contributed by atoms with E-state index in [4.69, 9.17) is 4.74 Å². The zero-order chi connectivity index (χ0) is 33.3. The van der Waals surface area contributed by atoms with Gasteiger partial charge in [0.1, 0.15) is 10.5 Å². The van der Waals surface area contributed by atoms with Crippen molar-refractivity contribution in [2.24, 2.45) is 0 Å². The molecule has 2 saturated carbocycles. The SMILES string of the molecule is COc1ccc2c(c1)C1CC1(S(=O)(=O)N1CCCN(C)CC1)Cn1c-2c(C2CCCCC2)c2ccc(C(=O)NS(=O)(=O)N(C)C)cc21. The van der Waals surface area contributed by atoms with E-state index in [1.54, 1.807) is 23.5 Å². The van der Waals surface area contributed by atoms with Gasteiger partial charge in [-0.3, -0.25) is 4.79 Å². The van der Waals surface area contributed by atoms with Gasteiger partial charge in [-0.15, -0.1) is 0 Å². The number of nitrogens with zero attached hydrogens (tertiary/aromatic N) is 4. The third-order valence-corrected chi connectivity index (χ3v) is 15.0. The molecule has 2 aliphatic heterocycles. The van der Waals surface area contributed by atoms with E-state index in [9.17, 15) is 21.6 Å². The maximum Gasteiger partial charge on any atom is 0.303 e. The van der Waals surface area contributed by atoms with Gasteiger partial charge in [0.15, 0.2) is 0 Å². The number of benzene rings is 2. The highest BCUT2D eigenvalue weighted by atomic mass is 32.2. The van der Waals surface area contributed by atoms with Gasteiger partial charge in [-0.05, 0) is 86.7 Å². The van der Waals surface area contributed by atoms with Crippen LogP contribution in [0.2, 0.25) is 0 Å². The Kier molecular flexibility index (Phi) is 8.22. The van der Waals surface area contributed by atoms with Gasteiger partial charge in [0.05, 0.1) is 12.8 Å². The van der Waals surface area contributed by atoms with Crippen molar-refractivity contribution in [3.05, 3.63) is 53.1 Å². The number of carbonyl (C=O) groups excluding carboxylic acids is 1. The fourth-order valence-electron chi connectivity index (χ4n) is 8.22. The second kappa shape index (κ2) is 11.9. The van der Waals surface area contributed by atoms with Crippen molar-refractivity contribution >= 4 is 37.0 Å². The summed E-state index contributed by atoms with van der Waals surface area (Å²) in [5.41, 5.74) is 5.18. The van der Waals surface area contributed by atoms with Crippen LogP contribution in [0.4, 0.5) is 0 Å². The molecule has 11 nitrogen and oxygen atoms in total. The van der Waals surface area contributed by atoms with Gasteiger partial charge in [-0.1, -0.05) is 25.3 Å². The lowest BCUT2D eigenvalue weighted by Crippen LogP contribution is -2.44. The number of hydrogen-bond donors (Lipinski definition) is 1. The molecule has 2 unspecified atom stereocenters. The Morgan fingerprint density at radius 1 is 0.957 bits per heavy atom. The summed E-state index contributed by atoms with van der Waals surface area (Å²) < 4.78 is 66.4. The van der Waals surface area contributed by atoms with E-state index in [2.05, 4.69) is 20.3 Å². The molecule has 1 saturated heterocycles. The minimum absolute atomic E-state index is 0.204. The Balaban J connectivity index is 1.45. The van der Waals surface area contributed by atoms with E-state index in [1.165, 1.54) is 26.1 Å². The Hall–Kier alpha value is -2.97. The molecule has 1 N–H and O–H groups in total. The minimum atomic E-state index is -4.00. The molecule has 2 aliphatic carbocycles. The van der Waals surface area contributed by atoms with Gasteiger partial charge in [0, 0.05) is 68.2 Å². The van der Waals surface area contributed by atoms with Crippen molar-refractivity contribution in [1.29, 1.82) is 0 Å². The molecule has 7 rings (SSSR count). The van der Waals surface area contributed by atoms with Crippen molar-refractivity contribution in [2.75, 3.05) is 54.4 Å². The first kappa shape index (κ1) is 32.6. The number of rotatable bonds is 7. The summed E-state index contributed by atoms with van der Waals surface area (Å²) in [4.78, 5) is 15.5. The monoisotopic (exact) mass is 683 g/mol. The zero-order valence-electron chi connectivity index (χ0n) is 27.7. The number of fused-ring (bicyclic) bond motifs is 7. The van der Waals surface area contributed by atoms with Crippen LogP contribution in [0.5, 0.6) is 5.75 Å². The fourth-order valence-corrected chi connectivity index (χ4v) is 11.1. The van der Waals surface area contributed by atoms with Crippen molar-refractivity contribution in [3.8, 4) is 17.0 Å². The molecule has 0 radical (unpaired) electrons. The highest BCUT2D eigenvalue weighted by Crippen LogP contribution is 2.64. The van der Waals surface area contributed by atoms with Crippen LogP contribution in [-0.2, 0) is 26.8 Å². The summed E-state index contributed by atoms with van der Waals surface area (Å²) in [5.74, 6) is 0.0523. The average Bonchev–Trinajstić information content (AvgIpc) is 3.78. The molecular weight excluding hydrogens is 639 g/mol. The molecule has 254 valence electrons. The van der Waals surface area contributed by atoms with E-state index < -0.39 is 30.9 Å². The molecule has 4 aliphatic rings. The van der Waals surface area contributed by atoms with Gasteiger partial charge >= 0.3 is 10.2 Å². The number of amides is 1. The van der Waals surface area contributed by atoms with E-state index in [0.29, 0.717) is 31.8 Å². The molecule has 3 heterocycles. The number of hydrogen-bond acceptors (Lipinski definition) is 7. The van der Waals surface area contributed by atoms with Crippen LogP contribution in [0.3, 0.4) is 0 Å². The molecule has 2 atom stereocenters. The largest absolute Gasteiger partial charge is 0.497 e. The summed E-state index contributed by atoms with van der Waals surface area (Å²) in [6.07, 6.45) is 6.79. The number of aromatic nitrogens is 1. The van der Waals surface area contributed by atoms with E-state index in [-0.39, 0.29) is 23.9 Å². The van der Waals surface area contributed by atoms with Crippen molar-refractivity contribution in [3.63, 3.8) is 0 Å². The van der Waals surface area contributed by atoms with E-state index >= 15 is 0 Å². The van der Waals surface area contributed by atoms with Gasteiger partial charge < -0.3 is 14.2 Å². The van der Waals surface area contributed by atoms with Crippen LogP contribution >= 0.6 is 0 Å². The van der Waals surface area contributed by atoms with Gasteiger partial charge in [-0.25, -0.2) is 17.4 Å². The van der Waals surface area contributed by atoms with Crippen molar-refractivity contribution in [1.82, 2.24) is 22.8 Å². The molecule has 47 heavy (non-hydrogen) atoms. The minimum Gasteiger partial charge on any atom is -0.497 e. The van der Waals surface area contributed by atoms with Crippen LogP contribution in [0.25, 0.3) is 22.2 Å². The third-order valence-electron chi connectivity index (χ3n) is 11.0. The maximum absolute atomic E-state index is 14.9. The Labute approximate surface area is 278 Å². The molecule has 0 bridgehead atoms. The molecule has 0 spiro atoms. The summed E-state index contributed by atoms with van der Waals surface area (Å²) in [6, 6.07) is 11.4. The standard InChI is InChI=1S/C34H45N5O6S2/c1-36(2)47(43,44)35-33(40)24-11-13-27-30(19-24)39-22-34(46(41,42)38-16-8-15-37(3)17-18-38)21-29(34)28-20-25(45-4)12-14-26(28)32(39)31(27)23-9-6-5-7-10-23/h11-14,19-20,23,29H,5-10,15-18,21-22H2,1-4H3,(H,35,40). The molecule has 2 aromatic carbocycles. The molecule has 13 heteroatoms. The molecule has 1 aromatic heterocycles. The number of nitrogens with one attached hydrogen (secondary N) is 1. The summed E-state index contributed by atoms with van der Waals surface area (Å²) in [7, 11) is -1.36. The van der Waals surface area contributed by atoms with Crippen molar-refractivity contribution in [2.45, 2.75) is 68.1 Å². The lowest BCUT2D eigenvalue weighted by atomic mass is 9.81. The maximum atomic E-state index is 14.9. The smallest absolute Gasteiger partial charge is 0.303 e. The van der Waals surface area contributed by atoms with Crippen LogP contribution in [0, 0.1) is 0 Å². The second-order valence-corrected chi connectivity index (χ2v) is 18.1. The molecule has 3 fully saturated rings. The normalized spacial score (nSPS) is 24.2. The molecule has 3 aromatic rings. The molecular formula is C34H45N5O6S2. The molecule has 1 amide bonds. The van der Waals surface area contributed by atoms with Gasteiger partial charge in [0.2, 0.25) is 10.0 Å². The van der Waals surface area contributed by atoms with Crippen LogP contribution < -0.4 is 9.46 Å². The lowest BCUT2D eigenvalue weighted by Gasteiger charge is -2.28. The summed E-state index contributed by atoms with van der Waals surface area (Å²) in [5, 5.41) is 0.990. The van der Waals surface area contributed by atoms with Gasteiger partial charge in [-0.2, -0.15) is 12.7 Å². The quantitative estimate of drug-likeness (QED) is 0.398. The van der Waals surface area contributed by atoms with Gasteiger partial charge in [0.25, 0.3) is 5.91 Å². The first-order valence-electron chi connectivity index (χ1n) is 16.7.